The summed E-state index contributed by atoms with van der Waals surface area (Å²) in [5.74, 6) is 0. The van der Waals surface area contributed by atoms with Crippen molar-refractivity contribution in [2.75, 3.05) is 0 Å². The fourth-order valence-electron chi connectivity index (χ4n) is 3.84. The van der Waals surface area contributed by atoms with E-state index in [0.29, 0.717) is 5.41 Å². The molecule has 3 rings (SSSR count). The van der Waals surface area contributed by atoms with Gasteiger partial charge in [0.2, 0.25) is 0 Å². The maximum Gasteiger partial charge on any atom is 0.0273 e. The van der Waals surface area contributed by atoms with Gasteiger partial charge < -0.3 is 0 Å². The molecule has 0 amide bonds. The summed E-state index contributed by atoms with van der Waals surface area (Å²) in [6.45, 7) is 2.29. The number of allylic oxidation sites excluding steroid dienone is 2. The molecule has 1 heteroatoms. The lowest BCUT2D eigenvalue weighted by molar-refractivity contribution is 0.151. The van der Waals surface area contributed by atoms with Gasteiger partial charge in [-0.2, -0.15) is 0 Å². The Balaban J connectivity index is 1.80. The van der Waals surface area contributed by atoms with Crippen LogP contribution >= 0.6 is 0 Å². The maximum absolute atomic E-state index is 4.17. The molecule has 2 aliphatic rings. The minimum absolute atomic E-state index is 0.667. The normalized spacial score (nSPS) is 20.9. The molecule has 0 saturated heterocycles. The largest absolute Gasteiger partial charge is 0.265 e. The number of pyridine rings is 1. The Morgan fingerprint density at radius 2 is 1.89 bits per heavy atom. The van der Waals surface area contributed by atoms with Gasteiger partial charge in [0.25, 0.3) is 0 Å². The van der Waals surface area contributed by atoms with Crippen molar-refractivity contribution in [1.82, 2.24) is 4.98 Å². The molecule has 1 saturated carbocycles. The van der Waals surface area contributed by atoms with Crippen molar-refractivity contribution in [3.8, 4) is 0 Å². The lowest BCUT2D eigenvalue weighted by Crippen LogP contribution is -2.26. The summed E-state index contributed by atoms with van der Waals surface area (Å²) in [7, 11) is 0. The Labute approximate surface area is 117 Å². The summed E-state index contributed by atoms with van der Waals surface area (Å²) in [4.78, 5) is 4.17. The van der Waals surface area contributed by atoms with E-state index in [1.54, 1.807) is 11.1 Å². The molecule has 0 N–H and O–H groups in total. The van der Waals surface area contributed by atoms with Gasteiger partial charge in [-0.1, -0.05) is 31.8 Å². The third-order valence-corrected chi connectivity index (χ3v) is 5.09. The van der Waals surface area contributed by atoms with Crippen molar-refractivity contribution >= 4 is 5.57 Å². The van der Waals surface area contributed by atoms with Gasteiger partial charge >= 0.3 is 0 Å². The maximum atomic E-state index is 4.17. The molecular weight excluding hydrogens is 230 g/mol. The third-order valence-electron chi connectivity index (χ3n) is 5.09. The fourth-order valence-corrected chi connectivity index (χ4v) is 3.84. The molecule has 1 aromatic heterocycles. The first-order valence-electron chi connectivity index (χ1n) is 7.94. The summed E-state index contributed by atoms with van der Waals surface area (Å²) in [6, 6.07) is 4.40. The zero-order valence-electron chi connectivity index (χ0n) is 12.1. The number of hydrogen-bond acceptors (Lipinski definition) is 1. The molecule has 2 aliphatic carbocycles. The van der Waals surface area contributed by atoms with Crippen molar-refractivity contribution < 1.29 is 0 Å². The quantitative estimate of drug-likeness (QED) is 0.644. The first kappa shape index (κ1) is 12.9. The molecular formula is C18H25N. The Morgan fingerprint density at radius 1 is 1.11 bits per heavy atom. The lowest BCUT2D eigenvalue weighted by Gasteiger charge is -2.39. The molecule has 1 aromatic rings. The van der Waals surface area contributed by atoms with Gasteiger partial charge in [-0.05, 0) is 67.2 Å². The van der Waals surface area contributed by atoms with Gasteiger partial charge in [0.1, 0.15) is 0 Å². The van der Waals surface area contributed by atoms with Crippen LogP contribution in [0.15, 0.2) is 30.1 Å². The smallest absolute Gasteiger partial charge is 0.0273 e. The van der Waals surface area contributed by atoms with E-state index in [0.717, 1.165) is 0 Å². The van der Waals surface area contributed by atoms with E-state index in [1.807, 2.05) is 12.4 Å². The van der Waals surface area contributed by atoms with Gasteiger partial charge in [0.15, 0.2) is 0 Å². The van der Waals surface area contributed by atoms with Crippen LogP contribution in [0.2, 0.25) is 0 Å². The van der Waals surface area contributed by atoms with Crippen LogP contribution in [0.1, 0.15) is 70.3 Å². The van der Waals surface area contributed by atoms with Crippen LogP contribution in [0, 0.1) is 5.41 Å². The number of nitrogens with zero attached hydrogens (tertiary/aromatic N) is 1. The van der Waals surface area contributed by atoms with E-state index in [-0.39, 0.29) is 0 Å². The Hall–Kier alpha value is -1.11. The first-order chi connectivity index (χ1) is 9.33. The summed E-state index contributed by atoms with van der Waals surface area (Å²) >= 11 is 0. The predicted molar refractivity (Wildman–Crippen MR) is 80.8 cm³/mol. The van der Waals surface area contributed by atoms with Crippen molar-refractivity contribution in [3.63, 3.8) is 0 Å². The van der Waals surface area contributed by atoms with E-state index >= 15 is 0 Å². The second-order valence-corrected chi connectivity index (χ2v) is 6.48. The molecule has 0 atom stereocenters. The fraction of sp³-hybridized carbons (Fsp3) is 0.611. The van der Waals surface area contributed by atoms with Gasteiger partial charge in [-0.15, -0.1) is 0 Å². The minimum Gasteiger partial charge on any atom is -0.265 e. The Bertz CT molecular complexity index is 454. The molecule has 0 aromatic carbocycles. The number of rotatable bonds is 5. The lowest BCUT2D eigenvalue weighted by atomic mass is 9.66. The molecule has 0 radical (unpaired) electrons. The average Bonchev–Trinajstić information content (AvgIpc) is 2.80. The van der Waals surface area contributed by atoms with Crippen molar-refractivity contribution in [1.29, 1.82) is 0 Å². The summed E-state index contributed by atoms with van der Waals surface area (Å²) < 4.78 is 0. The predicted octanol–water partition coefficient (Wildman–Crippen LogP) is 5.38. The van der Waals surface area contributed by atoms with Gasteiger partial charge in [-0.25, -0.2) is 0 Å². The van der Waals surface area contributed by atoms with Gasteiger partial charge in [-0.3, -0.25) is 4.98 Å². The van der Waals surface area contributed by atoms with Crippen LogP contribution in [0.3, 0.4) is 0 Å². The number of unbranched alkanes of at least 4 members (excludes halogenated alkanes) is 2. The highest BCUT2D eigenvalue weighted by atomic mass is 14.6. The molecule has 1 spiro atoms. The monoisotopic (exact) mass is 255 g/mol. The van der Waals surface area contributed by atoms with Crippen molar-refractivity contribution in [2.45, 2.75) is 64.7 Å². The van der Waals surface area contributed by atoms with E-state index in [2.05, 4.69) is 24.0 Å². The third kappa shape index (κ3) is 2.61. The molecule has 1 nitrogen and oxygen atoms in total. The highest BCUT2D eigenvalue weighted by Crippen LogP contribution is 2.58. The van der Waals surface area contributed by atoms with Crippen molar-refractivity contribution in [3.05, 3.63) is 35.7 Å². The van der Waals surface area contributed by atoms with Gasteiger partial charge in [0, 0.05) is 12.4 Å². The highest BCUT2D eigenvalue weighted by Gasteiger charge is 2.42. The van der Waals surface area contributed by atoms with E-state index in [9.17, 15) is 0 Å². The Morgan fingerprint density at radius 3 is 2.53 bits per heavy atom. The topological polar surface area (TPSA) is 12.9 Å². The van der Waals surface area contributed by atoms with Crippen LogP contribution in [-0.4, -0.2) is 4.98 Å². The summed E-state index contributed by atoms with van der Waals surface area (Å²) in [5.41, 5.74) is 5.53. The molecule has 0 unspecified atom stereocenters. The molecule has 1 fully saturated rings. The average molecular weight is 255 g/mol. The second-order valence-electron chi connectivity index (χ2n) is 6.48. The van der Waals surface area contributed by atoms with E-state index < -0.39 is 0 Å². The molecule has 0 bridgehead atoms. The van der Waals surface area contributed by atoms with Crippen LogP contribution in [0.25, 0.3) is 5.57 Å². The van der Waals surface area contributed by atoms with Crippen LogP contribution in [0.4, 0.5) is 0 Å². The first-order valence-corrected chi connectivity index (χ1v) is 7.94. The van der Waals surface area contributed by atoms with Gasteiger partial charge in [0.05, 0.1) is 0 Å². The standard InChI is InChI=1S/C18H25N/c1-2-3-4-6-16-13-18(9-5-10-18)14-17(16)15-7-11-19-12-8-15/h7-8,11-12H,2-6,9-10,13-14H2,1H3. The minimum atomic E-state index is 0.667. The molecule has 0 aliphatic heterocycles. The van der Waals surface area contributed by atoms with Crippen LogP contribution < -0.4 is 0 Å². The molecule has 102 valence electrons. The van der Waals surface area contributed by atoms with Crippen molar-refractivity contribution in [2.24, 2.45) is 5.41 Å². The van der Waals surface area contributed by atoms with E-state index in [4.69, 9.17) is 0 Å². The number of aromatic nitrogens is 1. The second kappa shape index (κ2) is 5.48. The zero-order chi connectivity index (χ0) is 13.1. The zero-order valence-corrected chi connectivity index (χ0v) is 12.1. The molecule has 19 heavy (non-hydrogen) atoms. The summed E-state index contributed by atoms with van der Waals surface area (Å²) in [6.07, 6.45) is 16.4. The van der Waals surface area contributed by atoms with E-state index in [1.165, 1.54) is 63.4 Å². The SMILES string of the molecule is CCCCCC1=C(c2ccncc2)CC2(CCC2)C1. The Kier molecular flexibility index (Phi) is 3.72. The number of hydrogen-bond donors (Lipinski definition) is 0. The van der Waals surface area contributed by atoms with Crippen LogP contribution in [-0.2, 0) is 0 Å². The van der Waals surface area contributed by atoms with Crippen LogP contribution in [0.5, 0.6) is 0 Å². The highest BCUT2D eigenvalue weighted by molar-refractivity contribution is 5.71. The molecule has 1 heterocycles. The summed E-state index contributed by atoms with van der Waals surface area (Å²) in [5, 5.41) is 0.